The fraction of sp³-hybridized carbons (Fsp3) is 0.111. The minimum atomic E-state index is -0.493. The van der Waals surface area contributed by atoms with Crippen molar-refractivity contribution >= 4 is 35.1 Å². The maximum absolute atomic E-state index is 11.9. The number of nitro benzene ring substituents is 1. The number of nitrogens with one attached hydrogen (secondary N) is 1. The summed E-state index contributed by atoms with van der Waals surface area (Å²) in [4.78, 5) is 34.8. The second kappa shape index (κ2) is 8.43. The lowest BCUT2D eigenvalue weighted by atomic mass is 10.2. The zero-order valence-corrected chi connectivity index (χ0v) is 14.2. The van der Waals surface area contributed by atoms with Gasteiger partial charge in [-0.1, -0.05) is 0 Å². The second-order valence-corrected chi connectivity index (χ2v) is 5.25. The average molecular weight is 355 g/mol. The third kappa shape index (κ3) is 4.91. The van der Waals surface area contributed by atoms with E-state index in [0.29, 0.717) is 16.9 Å². The number of benzene rings is 2. The fourth-order valence-corrected chi connectivity index (χ4v) is 2.07. The lowest BCUT2D eigenvalue weighted by Crippen LogP contribution is -2.25. The molecule has 0 aromatic heterocycles. The molecule has 0 atom stereocenters. The van der Waals surface area contributed by atoms with Crippen LogP contribution in [0.15, 0.2) is 54.6 Å². The van der Waals surface area contributed by atoms with Gasteiger partial charge in [0.1, 0.15) is 0 Å². The van der Waals surface area contributed by atoms with Crippen molar-refractivity contribution in [3.05, 3.63) is 70.3 Å². The Bertz CT molecular complexity index is 829. The summed E-state index contributed by atoms with van der Waals surface area (Å²) >= 11 is 0. The van der Waals surface area contributed by atoms with Crippen LogP contribution in [0, 0.1) is 10.1 Å². The van der Waals surface area contributed by atoms with Crippen molar-refractivity contribution in [3.63, 3.8) is 0 Å². The van der Waals surface area contributed by atoms with Crippen LogP contribution in [0.5, 0.6) is 0 Å². The molecule has 0 aliphatic carbocycles. The molecule has 0 radical (unpaired) electrons. The number of amides is 2. The molecule has 26 heavy (non-hydrogen) atoms. The first kappa shape index (κ1) is 18.7. The van der Waals surface area contributed by atoms with Crippen LogP contribution >= 0.6 is 0 Å². The molecule has 0 saturated carbocycles. The van der Waals surface area contributed by atoms with Crippen LogP contribution < -0.4 is 10.2 Å². The molecule has 2 aromatic carbocycles. The highest BCUT2D eigenvalue weighted by molar-refractivity contribution is 6.02. The van der Waals surface area contributed by atoms with Gasteiger partial charge in [0.25, 0.3) is 5.69 Å². The fourth-order valence-electron chi connectivity index (χ4n) is 2.07. The number of methoxy groups -OCH3 is 1. The molecule has 8 heteroatoms. The van der Waals surface area contributed by atoms with Crippen molar-refractivity contribution in [2.75, 3.05) is 24.4 Å². The molecule has 2 rings (SSSR count). The van der Waals surface area contributed by atoms with Crippen LogP contribution in [-0.2, 0) is 9.53 Å². The zero-order valence-electron chi connectivity index (χ0n) is 14.2. The lowest BCUT2D eigenvalue weighted by molar-refractivity contribution is -0.384. The van der Waals surface area contributed by atoms with Crippen LogP contribution in [0.25, 0.3) is 6.08 Å². The van der Waals surface area contributed by atoms with Gasteiger partial charge in [0.05, 0.1) is 12.0 Å². The van der Waals surface area contributed by atoms with E-state index in [-0.39, 0.29) is 11.6 Å². The maximum Gasteiger partial charge on any atom is 0.413 e. The number of non-ortho nitro benzene ring substituents is 1. The summed E-state index contributed by atoms with van der Waals surface area (Å²) in [5.74, 6) is -0.350. The number of rotatable bonds is 5. The quantitative estimate of drug-likeness (QED) is 0.503. The minimum Gasteiger partial charge on any atom is -0.452 e. The maximum atomic E-state index is 11.9. The van der Waals surface area contributed by atoms with Gasteiger partial charge in [0.15, 0.2) is 0 Å². The summed E-state index contributed by atoms with van der Waals surface area (Å²) in [5, 5.41) is 13.3. The third-order valence-corrected chi connectivity index (χ3v) is 3.50. The Kier molecular flexibility index (Phi) is 6.05. The molecule has 0 unspecified atom stereocenters. The van der Waals surface area contributed by atoms with E-state index in [1.165, 1.54) is 30.2 Å². The lowest BCUT2D eigenvalue weighted by Gasteiger charge is -2.15. The number of anilines is 2. The number of ether oxygens (including phenoxy) is 1. The van der Waals surface area contributed by atoms with E-state index >= 15 is 0 Å². The first-order valence-electron chi connectivity index (χ1n) is 7.56. The van der Waals surface area contributed by atoms with E-state index in [0.717, 1.165) is 0 Å². The van der Waals surface area contributed by atoms with E-state index in [9.17, 15) is 19.7 Å². The van der Waals surface area contributed by atoms with Gasteiger partial charge in [-0.15, -0.1) is 0 Å². The SMILES string of the molecule is COC(=O)N(C)c1ccc(NC(=O)C=Cc2ccc([N+](=O)[O-])cc2)cc1. The molecule has 134 valence electrons. The van der Waals surface area contributed by atoms with Crippen LogP contribution in [-0.4, -0.2) is 31.1 Å². The highest BCUT2D eigenvalue weighted by atomic mass is 16.6. The summed E-state index contributed by atoms with van der Waals surface area (Å²) < 4.78 is 4.63. The summed E-state index contributed by atoms with van der Waals surface area (Å²) in [6, 6.07) is 12.5. The zero-order chi connectivity index (χ0) is 19.1. The van der Waals surface area contributed by atoms with E-state index in [2.05, 4.69) is 10.1 Å². The van der Waals surface area contributed by atoms with Gasteiger partial charge in [0, 0.05) is 36.6 Å². The first-order chi connectivity index (χ1) is 12.4. The van der Waals surface area contributed by atoms with Gasteiger partial charge < -0.3 is 10.1 Å². The van der Waals surface area contributed by atoms with Crippen molar-refractivity contribution in [1.82, 2.24) is 0 Å². The van der Waals surface area contributed by atoms with Crippen molar-refractivity contribution in [1.29, 1.82) is 0 Å². The monoisotopic (exact) mass is 355 g/mol. The first-order valence-corrected chi connectivity index (χ1v) is 7.56. The molecule has 0 bridgehead atoms. The number of carbonyl (C=O) groups is 2. The summed E-state index contributed by atoms with van der Waals surface area (Å²) in [7, 11) is 2.87. The molecular weight excluding hydrogens is 338 g/mol. The molecule has 8 nitrogen and oxygen atoms in total. The van der Waals surface area contributed by atoms with Gasteiger partial charge >= 0.3 is 6.09 Å². The number of hydrogen-bond acceptors (Lipinski definition) is 5. The van der Waals surface area contributed by atoms with Crippen molar-refractivity contribution in [2.45, 2.75) is 0 Å². The van der Waals surface area contributed by atoms with E-state index < -0.39 is 11.0 Å². The number of carbonyl (C=O) groups excluding carboxylic acids is 2. The molecule has 2 aromatic rings. The van der Waals surface area contributed by atoms with Crippen molar-refractivity contribution in [2.24, 2.45) is 0 Å². The highest BCUT2D eigenvalue weighted by Gasteiger charge is 2.10. The smallest absolute Gasteiger partial charge is 0.413 e. The second-order valence-electron chi connectivity index (χ2n) is 5.25. The van der Waals surface area contributed by atoms with Gasteiger partial charge in [-0.2, -0.15) is 0 Å². The molecule has 1 N–H and O–H groups in total. The predicted octanol–water partition coefficient (Wildman–Crippen LogP) is 3.45. The summed E-state index contributed by atoms with van der Waals surface area (Å²) in [5.41, 5.74) is 1.84. The van der Waals surface area contributed by atoms with Gasteiger partial charge in [-0.25, -0.2) is 4.79 Å². The van der Waals surface area contributed by atoms with Crippen molar-refractivity contribution in [3.8, 4) is 0 Å². The molecule has 0 fully saturated rings. The summed E-state index contributed by atoms with van der Waals surface area (Å²) in [6.45, 7) is 0. The van der Waals surface area contributed by atoms with Crippen LogP contribution in [0.3, 0.4) is 0 Å². The van der Waals surface area contributed by atoms with Crippen LogP contribution in [0.4, 0.5) is 21.9 Å². The third-order valence-electron chi connectivity index (χ3n) is 3.50. The molecule has 0 aliphatic rings. The Hall–Kier alpha value is -3.68. The van der Waals surface area contributed by atoms with E-state index in [4.69, 9.17) is 0 Å². The molecule has 0 aliphatic heterocycles. The van der Waals surface area contributed by atoms with Gasteiger partial charge in [-0.05, 0) is 48.0 Å². The largest absolute Gasteiger partial charge is 0.452 e. The Morgan fingerprint density at radius 3 is 2.27 bits per heavy atom. The Morgan fingerprint density at radius 1 is 1.12 bits per heavy atom. The number of hydrogen-bond donors (Lipinski definition) is 1. The van der Waals surface area contributed by atoms with E-state index in [1.807, 2.05) is 0 Å². The number of nitrogens with zero attached hydrogens (tertiary/aromatic N) is 2. The molecule has 0 saturated heterocycles. The Morgan fingerprint density at radius 2 is 1.73 bits per heavy atom. The average Bonchev–Trinajstić information content (AvgIpc) is 2.66. The Balaban J connectivity index is 1.96. The minimum absolute atomic E-state index is 0.0105. The standard InChI is InChI=1S/C18H17N3O5/c1-20(18(23)26-2)15-10-6-14(7-11-15)19-17(22)12-5-13-3-8-16(9-4-13)21(24)25/h3-12H,1-2H3,(H,19,22). The molecule has 2 amide bonds. The Labute approximate surface area is 149 Å². The van der Waals surface area contributed by atoms with Crippen LogP contribution in [0.2, 0.25) is 0 Å². The molecular formula is C18H17N3O5. The number of nitro groups is 1. The molecule has 0 spiro atoms. The normalized spacial score (nSPS) is 10.4. The van der Waals surface area contributed by atoms with Crippen LogP contribution in [0.1, 0.15) is 5.56 Å². The predicted molar refractivity (Wildman–Crippen MR) is 98.0 cm³/mol. The van der Waals surface area contributed by atoms with Gasteiger partial charge in [0.2, 0.25) is 5.91 Å². The highest BCUT2D eigenvalue weighted by Crippen LogP contribution is 2.18. The van der Waals surface area contributed by atoms with Gasteiger partial charge in [-0.3, -0.25) is 19.8 Å². The summed E-state index contributed by atoms with van der Waals surface area (Å²) in [6.07, 6.45) is 2.39. The molecule has 0 heterocycles. The van der Waals surface area contributed by atoms with Crippen molar-refractivity contribution < 1.29 is 19.2 Å². The van der Waals surface area contributed by atoms with E-state index in [1.54, 1.807) is 49.5 Å². The topological polar surface area (TPSA) is 102 Å².